The van der Waals surface area contributed by atoms with E-state index in [-0.39, 0.29) is 5.91 Å². The number of benzene rings is 2. The molecule has 2 rings (SSSR count). The SMILES string of the molecule is COc1ccc(Cl)cc1NC(=O)C=Cc1ccc(OC)c(OC)c1. The maximum absolute atomic E-state index is 12.1. The molecule has 1 amide bonds. The number of rotatable bonds is 6. The van der Waals surface area contributed by atoms with Crippen LogP contribution in [0.2, 0.25) is 5.02 Å². The molecule has 2 aromatic carbocycles. The average molecular weight is 348 g/mol. The number of methoxy groups -OCH3 is 3. The summed E-state index contributed by atoms with van der Waals surface area (Å²) < 4.78 is 15.6. The Bertz CT molecular complexity index is 759. The zero-order chi connectivity index (χ0) is 17.5. The Labute approximate surface area is 145 Å². The zero-order valence-corrected chi connectivity index (χ0v) is 14.4. The van der Waals surface area contributed by atoms with Crippen molar-refractivity contribution in [2.24, 2.45) is 0 Å². The summed E-state index contributed by atoms with van der Waals surface area (Å²) in [5.74, 6) is 1.46. The number of hydrogen-bond acceptors (Lipinski definition) is 4. The Hall–Kier alpha value is -2.66. The predicted molar refractivity (Wildman–Crippen MR) is 95.2 cm³/mol. The van der Waals surface area contributed by atoms with Crippen LogP contribution in [-0.4, -0.2) is 27.2 Å². The van der Waals surface area contributed by atoms with Gasteiger partial charge in [-0.05, 0) is 42.0 Å². The van der Waals surface area contributed by atoms with E-state index >= 15 is 0 Å². The number of ether oxygens (including phenoxy) is 3. The first-order valence-corrected chi connectivity index (χ1v) is 7.49. The summed E-state index contributed by atoms with van der Waals surface area (Å²) in [5.41, 5.74) is 1.31. The Balaban J connectivity index is 2.12. The van der Waals surface area contributed by atoms with Gasteiger partial charge in [-0.3, -0.25) is 4.79 Å². The fourth-order valence-corrected chi connectivity index (χ4v) is 2.25. The molecule has 0 radical (unpaired) electrons. The lowest BCUT2D eigenvalue weighted by Gasteiger charge is -2.09. The third-order valence-electron chi connectivity index (χ3n) is 3.25. The van der Waals surface area contributed by atoms with Crippen LogP contribution in [0.15, 0.2) is 42.5 Å². The minimum absolute atomic E-state index is 0.301. The van der Waals surface area contributed by atoms with Crippen molar-refractivity contribution in [2.75, 3.05) is 26.6 Å². The molecule has 0 fully saturated rings. The first kappa shape index (κ1) is 17.7. The fourth-order valence-electron chi connectivity index (χ4n) is 2.08. The van der Waals surface area contributed by atoms with Gasteiger partial charge in [0.05, 0.1) is 27.0 Å². The fraction of sp³-hybridized carbons (Fsp3) is 0.167. The van der Waals surface area contributed by atoms with Gasteiger partial charge in [0.25, 0.3) is 0 Å². The number of hydrogen-bond donors (Lipinski definition) is 1. The molecule has 6 heteroatoms. The Morgan fingerprint density at radius 1 is 0.958 bits per heavy atom. The number of carbonyl (C=O) groups is 1. The molecule has 126 valence electrons. The normalized spacial score (nSPS) is 10.5. The van der Waals surface area contributed by atoms with E-state index in [0.717, 1.165) is 5.56 Å². The van der Waals surface area contributed by atoms with Crippen LogP contribution in [-0.2, 0) is 4.79 Å². The van der Waals surface area contributed by atoms with Crippen molar-refractivity contribution in [3.05, 3.63) is 53.1 Å². The average Bonchev–Trinajstić information content (AvgIpc) is 2.59. The number of halogens is 1. The highest BCUT2D eigenvalue weighted by atomic mass is 35.5. The van der Waals surface area contributed by atoms with Gasteiger partial charge in [-0.15, -0.1) is 0 Å². The molecule has 0 atom stereocenters. The van der Waals surface area contributed by atoms with Gasteiger partial charge in [-0.1, -0.05) is 17.7 Å². The lowest BCUT2D eigenvalue weighted by molar-refractivity contribution is -0.111. The van der Waals surface area contributed by atoms with Crippen LogP contribution in [0.5, 0.6) is 17.2 Å². The molecule has 0 aromatic heterocycles. The molecule has 0 saturated heterocycles. The largest absolute Gasteiger partial charge is 0.495 e. The summed E-state index contributed by atoms with van der Waals surface area (Å²) in [6.45, 7) is 0. The minimum Gasteiger partial charge on any atom is -0.495 e. The van der Waals surface area contributed by atoms with Gasteiger partial charge >= 0.3 is 0 Å². The van der Waals surface area contributed by atoms with E-state index < -0.39 is 0 Å². The Morgan fingerprint density at radius 3 is 2.29 bits per heavy atom. The van der Waals surface area contributed by atoms with Crippen molar-refractivity contribution in [1.82, 2.24) is 0 Å². The van der Waals surface area contributed by atoms with Crippen molar-refractivity contribution in [3.8, 4) is 17.2 Å². The molecule has 0 spiro atoms. The number of anilines is 1. The summed E-state index contributed by atoms with van der Waals surface area (Å²) in [5, 5.41) is 3.24. The van der Waals surface area contributed by atoms with Crippen molar-refractivity contribution in [2.45, 2.75) is 0 Å². The van der Waals surface area contributed by atoms with Crippen molar-refractivity contribution >= 4 is 29.3 Å². The third-order valence-corrected chi connectivity index (χ3v) is 3.49. The summed E-state index contributed by atoms with van der Waals surface area (Å²) in [6.07, 6.45) is 3.09. The standard InChI is InChI=1S/C18H18ClNO4/c1-22-15-8-6-13(19)11-14(15)20-18(21)9-5-12-4-7-16(23-2)17(10-12)24-3/h4-11H,1-3H3,(H,20,21). The second kappa shape index (κ2) is 8.26. The highest BCUT2D eigenvalue weighted by molar-refractivity contribution is 6.31. The molecule has 0 saturated carbocycles. The highest BCUT2D eigenvalue weighted by Gasteiger charge is 2.07. The van der Waals surface area contributed by atoms with Gasteiger partial charge in [0.2, 0.25) is 5.91 Å². The highest BCUT2D eigenvalue weighted by Crippen LogP contribution is 2.29. The summed E-state index contributed by atoms with van der Waals surface area (Å²) >= 11 is 5.94. The van der Waals surface area contributed by atoms with E-state index in [1.807, 2.05) is 6.07 Å². The molecule has 24 heavy (non-hydrogen) atoms. The molecule has 0 unspecified atom stereocenters. The van der Waals surface area contributed by atoms with E-state index in [2.05, 4.69) is 5.32 Å². The van der Waals surface area contributed by atoms with E-state index in [4.69, 9.17) is 25.8 Å². The molecule has 0 aliphatic heterocycles. The molecular formula is C18H18ClNO4. The second-order valence-corrected chi connectivity index (χ2v) is 5.22. The first-order valence-electron chi connectivity index (χ1n) is 7.12. The van der Waals surface area contributed by atoms with Crippen LogP contribution in [0.4, 0.5) is 5.69 Å². The Kier molecular flexibility index (Phi) is 6.09. The summed E-state index contributed by atoms with van der Waals surface area (Å²) in [4.78, 5) is 12.1. The second-order valence-electron chi connectivity index (χ2n) is 4.78. The van der Waals surface area contributed by atoms with Gasteiger partial charge in [0, 0.05) is 11.1 Å². The third kappa shape index (κ3) is 4.43. The number of amides is 1. The minimum atomic E-state index is -0.301. The van der Waals surface area contributed by atoms with E-state index in [1.165, 1.54) is 13.2 Å². The van der Waals surface area contributed by atoms with Gasteiger partial charge in [0.15, 0.2) is 11.5 Å². The van der Waals surface area contributed by atoms with Gasteiger partial charge in [-0.25, -0.2) is 0 Å². The van der Waals surface area contributed by atoms with Crippen LogP contribution >= 0.6 is 11.6 Å². The van der Waals surface area contributed by atoms with Crippen LogP contribution in [0.25, 0.3) is 6.08 Å². The molecule has 0 heterocycles. The van der Waals surface area contributed by atoms with Crippen LogP contribution in [0.3, 0.4) is 0 Å². The molecule has 2 aromatic rings. The summed E-state index contributed by atoms with van der Waals surface area (Å²) in [7, 11) is 4.65. The van der Waals surface area contributed by atoms with Crippen LogP contribution in [0, 0.1) is 0 Å². The van der Waals surface area contributed by atoms with Crippen molar-refractivity contribution in [3.63, 3.8) is 0 Å². The lowest BCUT2D eigenvalue weighted by atomic mass is 10.2. The van der Waals surface area contributed by atoms with E-state index in [1.54, 1.807) is 50.6 Å². The summed E-state index contributed by atoms with van der Waals surface area (Å²) in [6, 6.07) is 10.4. The number of nitrogens with one attached hydrogen (secondary N) is 1. The van der Waals surface area contributed by atoms with Crippen LogP contribution in [0.1, 0.15) is 5.56 Å². The first-order chi connectivity index (χ1) is 11.6. The lowest BCUT2D eigenvalue weighted by Crippen LogP contribution is -2.08. The Morgan fingerprint density at radius 2 is 1.62 bits per heavy atom. The molecule has 5 nitrogen and oxygen atoms in total. The van der Waals surface area contributed by atoms with E-state index in [0.29, 0.717) is 28.0 Å². The molecule has 0 bridgehead atoms. The van der Waals surface area contributed by atoms with Gasteiger partial charge in [0.1, 0.15) is 5.75 Å². The zero-order valence-electron chi connectivity index (χ0n) is 13.6. The van der Waals surface area contributed by atoms with Gasteiger partial charge < -0.3 is 19.5 Å². The quantitative estimate of drug-likeness (QED) is 0.802. The smallest absolute Gasteiger partial charge is 0.248 e. The maximum atomic E-state index is 12.1. The molecular weight excluding hydrogens is 330 g/mol. The van der Waals surface area contributed by atoms with Crippen molar-refractivity contribution in [1.29, 1.82) is 0 Å². The number of carbonyl (C=O) groups excluding carboxylic acids is 1. The molecule has 0 aliphatic rings. The topological polar surface area (TPSA) is 56.8 Å². The van der Waals surface area contributed by atoms with Gasteiger partial charge in [-0.2, -0.15) is 0 Å². The molecule has 0 aliphatic carbocycles. The molecule has 1 N–H and O–H groups in total. The van der Waals surface area contributed by atoms with Crippen LogP contribution < -0.4 is 19.5 Å². The van der Waals surface area contributed by atoms with E-state index in [9.17, 15) is 4.79 Å². The maximum Gasteiger partial charge on any atom is 0.248 e. The van der Waals surface area contributed by atoms with Crippen molar-refractivity contribution < 1.29 is 19.0 Å². The monoisotopic (exact) mass is 347 g/mol. The predicted octanol–water partition coefficient (Wildman–Crippen LogP) is 4.02.